The van der Waals surface area contributed by atoms with Crippen LogP contribution in [0, 0.1) is 17.6 Å². The highest BCUT2D eigenvalue weighted by atomic mass is 127. The summed E-state index contributed by atoms with van der Waals surface area (Å²) in [5, 5.41) is 20.6. The Kier molecular flexibility index (Phi) is 8.52. The summed E-state index contributed by atoms with van der Waals surface area (Å²) in [6, 6.07) is 17.4. The second-order valence-electron chi connectivity index (χ2n) is 6.71. The Morgan fingerprint density at radius 2 is 1.50 bits per heavy atom. The second kappa shape index (κ2) is 10.9. The molecule has 0 amide bonds. The molecule has 1 unspecified atom stereocenters. The van der Waals surface area contributed by atoms with Crippen LogP contribution in [-0.2, 0) is 0 Å². The highest BCUT2D eigenvalue weighted by molar-refractivity contribution is 14.1. The fourth-order valence-corrected chi connectivity index (χ4v) is 5.57. The molecule has 4 nitrogen and oxygen atoms in total. The van der Waals surface area contributed by atoms with Crippen LogP contribution in [-0.4, -0.2) is 29.2 Å². The minimum absolute atomic E-state index is 0.205. The Hall–Kier alpha value is -1.21. The van der Waals surface area contributed by atoms with Crippen LogP contribution in [0.25, 0.3) is 0 Å². The molecule has 0 spiro atoms. The minimum Gasteiger partial charge on any atom is -0.506 e. The molecular weight excluding hydrogens is 717 g/mol. The molecule has 3 aromatic rings. The van der Waals surface area contributed by atoms with Gasteiger partial charge in [0.15, 0.2) is 0 Å². The van der Waals surface area contributed by atoms with E-state index in [1.807, 2.05) is 61.5 Å². The normalized spacial score (nSPS) is 12.7. The van der Waals surface area contributed by atoms with E-state index >= 15 is 0 Å². The summed E-state index contributed by atoms with van der Waals surface area (Å²) in [7, 11) is 0. The third kappa shape index (κ3) is 6.16. The summed E-state index contributed by atoms with van der Waals surface area (Å²) in [6.07, 6.45) is 3.40. The Bertz CT molecular complexity index is 1100. The van der Waals surface area contributed by atoms with E-state index in [4.69, 9.17) is 4.99 Å². The van der Waals surface area contributed by atoms with E-state index in [0.717, 1.165) is 21.8 Å². The Morgan fingerprint density at radius 1 is 0.867 bits per heavy atom. The molecule has 0 fully saturated rings. The van der Waals surface area contributed by atoms with Gasteiger partial charge in [-0.15, -0.1) is 0 Å². The molecule has 0 radical (unpaired) electrons. The van der Waals surface area contributed by atoms with Crippen LogP contribution in [0.2, 0.25) is 0 Å². The summed E-state index contributed by atoms with van der Waals surface area (Å²) in [4.78, 5) is 9.29. The first kappa shape index (κ1) is 23.5. The quantitative estimate of drug-likeness (QED) is 0.225. The number of rotatable bonds is 6. The molecule has 0 heterocycles. The third-order valence-electron chi connectivity index (χ3n) is 4.38. The van der Waals surface area contributed by atoms with Crippen LogP contribution in [0.4, 0.5) is 0 Å². The lowest BCUT2D eigenvalue weighted by atomic mass is 10.1. The van der Waals surface area contributed by atoms with E-state index in [1.165, 1.54) is 0 Å². The summed E-state index contributed by atoms with van der Waals surface area (Å²) >= 11 is 6.46. The van der Waals surface area contributed by atoms with Crippen LogP contribution in [0.5, 0.6) is 11.5 Å². The van der Waals surface area contributed by atoms with Crippen molar-refractivity contribution in [3.8, 4) is 11.5 Å². The molecule has 0 saturated carbocycles. The van der Waals surface area contributed by atoms with Gasteiger partial charge in [-0.05, 0) is 110 Å². The van der Waals surface area contributed by atoms with Gasteiger partial charge in [-0.1, -0.05) is 30.3 Å². The Balaban J connectivity index is 1.88. The lowest BCUT2D eigenvalue weighted by Gasteiger charge is -2.11. The summed E-state index contributed by atoms with van der Waals surface area (Å²) in [5.41, 5.74) is 3.48. The molecule has 1 atom stereocenters. The molecule has 0 aliphatic heterocycles. The maximum Gasteiger partial charge on any atom is 0.137 e. The van der Waals surface area contributed by atoms with E-state index in [9.17, 15) is 10.2 Å². The molecule has 3 aromatic carbocycles. The minimum atomic E-state index is -0.205. The van der Waals surface area contributed by atoms with Gasteiger partial charge in [0.25, 0.3) is 0 Å². The van der Waals surface area contributed by atoms with E-state index in [2.05, 4.69) is 72.8 Å². The molecular formula is C23H19I3N2O2. The highest BCUT2D eigenvalue weighted by Crippen LogP contribution is 2.27. The molecule has 3 rings (SSSR count). The number of aromatic hydroxyl groups is 2. The van der Waals surface area contributed by atoms with Crippen molar-refractivity contribution in [2.45, 2.75) is 13.0 Å². The van der Waals surface area contributed by atoms with Crippen molar-refractivity contribution in [2.24, 2.45) is 9.98 Å². The van der Waals surface area contributed by atoms with Crippen molar-refractivity contribution < 1.29 is 10.2 Å². The fraction of sp³-hybridized carbons (Fsp3) is 0.130. The monoisotopic (exact) mass is 736 g/mol. The van der Waals surface area contributed by atoms with Gasteiger partial charge < -0.3 is 10.2 Å². The fourth-order valence-electron chi connectivity index (χ4n) is 2.88. The molecule has 154 valence electrons. The van der Waals surface area contributed by atoms with E-state index in [0.29, 0.717) is 17.7 Å². The first-order valence-corrected chi connectivity index (χ1v) is 12.3. The number of phenolic OH excluding ortho intramolecular Hbond substituents is 2. The standard InChI is InChI=1S/C23H19I3N2O2/c1-14-7-16(22(29)19(25)8-14)11-27-13-21(15-5-3-2-4-6-15)28-12-17-9-18(24)10-20(26)23(17)30/h2-12,21,29-30H,13H2,1H3. The topological polar surface area (TPSA) is 65.2 Å². The van der Waals surface area contributed by atoms with Gasteiger partial charge in [0.05, 0.1) is 19.7 Å². The summed E-state index contributed by atoms with van der Waals surface area (Å²) < 4.78 is 2.63. The van der Waals surface area contributed by atoms with Crippen molar-refractivity contribution in [3.63, 3.8) is 0 Å². The smallest absolute Gasteiger partial charge is 0.137 e. The van der Waals surface area contributed by atoms with Crippen LogP contribution >= 0.6 is 67.8 Å². The third-order valence-corrected chi connectivity index (χ3v) is 6.65. The number of nitrogens with zero attached hydrogens (tertiary/aromatic N) is 2. The number of hydrogen-bond acceptors (Lipinski definition) is 4. The Morgan fingerprint density at radius 3 is 2.20 bits per heavy atom. The van der Waals surface area contributed by atoms with Gasteiger partial charge in [-0.3, -0.25) is 9.98 Å². The van der Waals surface area contributed by atoms with Crippen molar-refractivity contribution in [3.05, 3.63) is 87.6 Å². The number of halogens is 3. The summed E-state index contributed by atoms with van der Waals surface area (Å²) in [5.74, 6) is 0.470. The van der Waals surface area contributed by atoms with E-state index in [-0.39, 0.29) is 17.5 Å². The number of aliphatic imine (C=N–C) groups is 2. The van der Waals surface area contributed by atoms with Gasteiger partial charge in [-0.25, -0.2) is 0 Å². The first-order chi connectivity index (χ1) is 14.3. The molecule has 0 aliphatic carbocycles. The van der Waals surface area contributed by atoms with Crippen molar-refractivity contribution in [1.29, 1.82) is 0 Å². The first-order valence-electron chi connectivity index (χ1n) is 9.10. The zero-order valence-electron chi connectivity index (χ0n) is 16.1. The highest BCUT2D eigenvalue weighted by Gasteiger charge is 2.11. The van der Waals surface area contributed by atoms with Crippen LogP contribution in [0.15, 0.2) is 64.6 Å². The van der Waals surface area contributed by atoms with Gasteiger partial charge in [0.1, 0.15) is 11.5 Å². The van der Waals surface area contributed by atoms with E-state index < -0.39 is 0 Å². The zero-order chi connectivity index (χ0) is 21.7. The van der Waals surface area contributed by atoms with Gasteiger partial charge >= 0.3 is 0 Å². The van der Waals surface area contributed by atoms with Crippen molar-refractivity contribution in [1.82, 2.24) is 0 Å². The average Bonchev–Trinajstić information content (AvgIpc) is 2.72. The zero-order valence-corrected chi connectivity index (χ0v) is 22.5. The molecule has 30 heavy (non-hydrogen) atoms. The van der Waals surface area contributed by atoms with Crippen LogP contribution in [0.1, 0.15) is 28.3 Å². The van der Waals surface area contributed by atoms with Crippen LogP contribution in [0.3, 0.4) is 0 Å². The van der Waals surface area contributed by atoms with Gasteiger partial charge in [0.2, 0.25) is 0 Å². The van der Waals surface area contributed by atoms with Crippen LogP contribution < -0.4 is 0 Å². The predicted octanol–water partition coefficient (Wildman–Crippen LogP) is 6.50. The number of benzene rings is 3. The number of phenols is 2. The van der Waals surface area contributed by atoms with Gasteiger partial charge in [-0.2, -0.15) is 0 Å². The largest absolute Gasteiger partial charge is 0.506 e. The SMILES string of the molecule is Cc1cc(I)c(O)c(C=NCC(N=Cc2cc(I)cc(I)c2O)c2ccccc2)c1. The van der Waals surface area contributed by atoms with Crippen molar-refractivity contribution in [2.75, 3.05) is 6.54 Å². The maximum atomic E-state index is 10.4. The van der Waals surface area contributed by atoms with E-state index in [1.54, 1.807) is 12.4 Å². The van der Waals surface area contributed by atoms with Crippen molar-refractivity contribution >= 4 is 80.2 Å². The predicted molar refractivity (Wildman–Crippen MR) is 148 cm³/mol. The molecule has 0 bridgehead atoms. The molecule has 0 aliphatic rings. The maximum absolute atomic E-state index is 10.4. The Labute approximate surface area is 217 Å². The average molecular weight is 736 g/mol. The molecule has 0 aromatic heterocycles. The molecule has 2 N–H and O–H groups in total. The van der Waals surface area contributed by atoms with Gasteiger partial charge in [0, 0.05) is 27.1 Å². The molecule has 7 heteroatoms. The summed E-state index contributed by atoms with van der Waals surface area (Å²) in [6.45, 7) is 2.41. The molecule has 0 saturated heterocycles. The lowest BCUT2D eigenvalue weighted by Crippen LogP contribution is -2.02. The lowest BCUT2D eigenvalue weighted by molar-refractivity contribution is 0.470. The number of hydrogen-bond donors (Lipinski definition) is 2. The second-order valence-corrected chi connectivity index (χ2v) is 10.3. The number of aryl methyl sites for hydroxylation is 1.